The summed E-state index contributed by atoms with van der Waals surface area (Å²) in [5.41, 5.74) is -0.467. The fourth-order valence-electron chi connectivity index (χ4n) is 4.61. The summed E-state index contributed by atoms with van der Waals surface area (Å²) < 4.78 is 58.4. The molecule has 2 aromatic carbocycles. The van der Waals surface area contributed by atoms with E-state index in [9.17, 15) is 17.6 Å². The van der Waals surface area contributed by atoms with Gasteiger partial charge in [-0.1, -0.05) is 38.1 Å². The lowest BCUT2D eigenvalue weighted by Crippen LogP contribution is -2.60. The molecule has 0 N–H and O–H groups in total. The Morgan fingerprint density at radius 1 is 0.968 bits per heavy atom. The number of hydrogen-bond acceptors (Lipinski definition) is 2. The van der Waals surface area contributed by atoms with Gasteiger partial charge in [0.2, 0.25) is 0 Å². The topological polar surface area (TPSA) is 16.1 Å². The molecule has 1 aromatic heterocycles. The van der Waals surface area contributed by atoms with E-state index in [2.05, 4.69) is 4.98 Å². The molecule has 6 heteroatoms. The summed E-state index contributed by atoms with van der Waals surface area (Å²) in [6.45, 7) is 5.31. The Morgan fingerprint density at radius 3 is 2.29 bits per heavy atom. The van der Waals surface area contributed by atoms with Crippen molar-refractivity contribution in [1.82, 2.24) is 9.88 Å². The number of aryl methyl sites for hydroxylation is 1. The van der Waals surface area contributed by atoms with E-state index >= 15 is 0 Å². The summed E-state index contributed by atoms with van der Waals surface area (Å²) >= 11 is 0. The second-order valence-electron chi connectivity index (χ2n) is 9.11. The van der Waals surface area contributed by atoms with Gasteiger partial charge in [0.25, 0.3) is 0 Å². The van der Waals surface area contributed by atoms with Crippen LogP contribution in [0, 0.1) is 12.7 Å². The van der Waals surface area contributed by atoms with Gasteiger partial charge in [0.05, 0.1) is 5.52 Å². The van der Waals surface area contributed by atoms with Gasteiger partial charge in [0.1, 0.15) is 11.4 Å². The quantitative estimate of drug-likeness (QED) is 0.416. The van der Waals surface area contributed by atoms with E-state index in [-0.39, 0.29) is 12.8 Å². The number of para-hydroxylation sites is 1. The third-order valence-electron chi connectivity index (χ3n) is 6.27. The summed E-state index contributed by atoms with van der Waals surface area (Å²) in [6, 6.07) is 13.2. The van der Waals surface area contributed by atoms with Crippen molar-refractivity contribution >= 4 is 10.9 Å². The maximum atomic E-state index is 14.8. The molecule has 0 aliphatic carbocycles. The largest absolute Gasteiger partial charge is 0.407 e. The van der Waals surface area contributed by atoms with Crippen molar-refractivity contribution in [2.24, 2.45) is 0 Å². The number of alkyl halides is 3. The minimum absolute atomic E-state index is 0.225. The predicted octanol–water partition coefficient (Wildman–Crippen LogP) is 6.46. The molecular formula is C25H28F4N2. The van der Waals surface area contributed by atoms with Crippen molar-refractivity contribution in [3.05, 3.63) is 77.2 Å². The van der Waals surface area contributed by atoms with Crippen LogP contribution in [-0.2, 0) is 11.8 Å². The molecule has 2 nitrogen and oxygen atoms in total. The summed E-state index contributed by atoms with van der Waals surface area (Å²) in [4.78, 5) is 5.55. The summed E-state index contributed by atoms with van der Waals surface area (Å²) in [5, 5.41) is 0.709. The SMILES string of the molecule is Cc1ccc(F)cc1C(C)(C)CC(Cc1ccnc2ccccc12)(N(C)C)C(F)(F)F. The standard InChI is InChI=1S/C25H28F4N2/c1-17-10-11-19(26)14-21(17)23(2,3)16-24(31(4)5,25(27,28)29)15-18-12-13-30-22-9-7-6-8-20(18)22/h6-14H,15-16H2,1-5H3. The highest BCUT2D eigenvalue weighted by Gasteiger charge is 2.58. The molecular weight excluding hydrogens is 404 g/mol. The average Bonchev–Trinajstić information content (AvgIpc) is 2.68. The summed E-state index contributed by atoms with van der Waals surface area (Å²) in [7, 11) is 2.93. The van der Waals surface area contributed by atoms with E-state index in [0.29, 0.717) is 22.0 Å². The number of aromatic nitrogens is 1. The van der Waals surface area contributed by atoms with Crippen molar-refractivity contribution in [1.29, 1.82) is 0 Å². The van der Waals surface area contributed by atoms with Crippen LogP contribution in [0.15, 0.2) is 54.7 Å². The van der Waals surface area contributed by atoms with E-state index in [4.69, 9.17) is 0 Å². The molecule has 1 heterocycles. The molecule has 0 saturated heterocycles. The Kier molecular flexibility index (Phi) is 6.16. The first-order valence-electron chi connectivity index (χ1n) is 10.2. The van der Waals surface area contributed by atoms with Gasteiger partial charge in [-0.15, -0.1) is 0 Å². The predicted molar refractivity (Wildman–Crippen MR) is 117 cm³/mol. The van der Waals surface area contributed by atoms with Gasteiger partial charge in [-0.3, -0.25) is 9.88 Å². The van der Waals surface area contributed by atoms with Gasteiger partial charge >= 0.3 is 6.18 Å². The molecule has 0 radical (unpaired) electrons. The molecule has 0 fully saturated rings. The zero-order chi connectivity index (χ0) is 23.0. The highest BCUT2D eigenvalue weighted by molar-refractivity contribution is 5.82. The number of pyridine rings is 1. The van der Waals surface area contributed by atoms with Gasteiger partial charge in [-0.2, -0.15) is 13.2 Å². The third kappa shape index (κ3) is 4.45. The highest BCUT2D eigenvalue weighted by atomic mass is 19.4. The maximum Gasteiger partial charge on any atom is 0.407 e. The van der Waals surface area contributed by atoms with Gasteiger partial charge < -0.3 is 0 Å². The number of halogens is 4. The van der Waals surface area contributed by atoms with E-state index in [1.807, 2.05) is 6.07 Å². The molecule has 31 heavy (non-hydrogen) atoms. The van der Waals surface area contributed by atoms with Crippen LogP contribution >= 0.6 is 0 Å². The fourth-order valence-corrected chi connectivity index (χ4v) is 4.61. The van der Waals surface area contributed by atoms with Crippen LogP contribution in [0.5, 0.6) is 0 Å². The molecule has 3 aromatic rings. The molecule has 0 spiro atoms. The van der Waals surface area contributed by atoms with Crippen molar-refractivity contribution in [3.8, 4) is 0 Å². The van der Waals surface area contributed by atoms with Crippen molar-refractivity contribution in [2.45, 2.75) is 50.7 Å². The molecule has 0 amide bonds. The lowest BCUT2D eigenvalue weighted by molar-refractivity contribution is -0.231. The van der Waals surface area contributed by atoms with Crippen molar-refractivity contribution in [3.63, 3.8) is 0 Å². The minimum Gasteiger partial charge on any atom is -0.296 e. The molecule has 0 aliphatic heterocycles. The Morgan fingerprint density at radius 2 is 1.65 bits per heavy atom. The van der Waals surface area contributed by atoms with Crippen molar-refractivity contribution < 1.29 is 17.6 Å². The first kappa shape index (κ1) is 23.2. The van der Waals surface area contributed by atoms with Crippen molar-refractivity contribution in [2.75, 3.05) is 14.1 Å². The highest BCUT2D eigenvalue weighted by Crippen LogP contribution is 2.47. The second kappa shape index (κ2) is 8.23. The lowest BCUT2D eigenvalue weighted by atomic mass is 9.69. The number of hydrogen-bond donors (Lipinski definition) is 0. The number of nitrogens with zero attached hydrogens (tertiary/aromatic N) is 2. The summed E-state index contributed by atoms with van der Waals surface area (Å²) in [6.07, 6.45) is -3.42. The minimum atomic E-state index is -4.51. The number of fused-ring (bicyclic) bond motifs is 1. The monoisotopic (exact) mass is 432 g/mol. The van der Waals surface area contributed by atoms with Gasteiger partial charge in [-0.05, 0) is 73.8 Å². The molecule has 0 aliphatic rings. The molecule has 0 bridgehead atoms. The van der Waals surface area contributed by atoms with E-state index in [0.717, 1.165) is 5.56 Å². The zero-order valence-electron chi connectivity index (χ0n) is 18.5. The van der Waals surface area contributed by atoms with Crippen LogP contribution in [0.1, 0.15) is 37.0 Å². The van der Waals surface area contributed by atoms with E-state index in [1.54, 1.807) is 57.3 Å². The third-order valence-corrected chi connectivity index (χ3v) is 6.27. The van der Waals surface area contributed by atoms with Gasteiger partial charge in [-0.25, -0.2) is 4.39 Å². The Labute approximate surface area is 180 Å². The molecule has 166 valence electrons. The average molecular weight is 433 g/mol. The van der Waals surface area contributed by atoms with E-state index < -0.39 is 22.9 Å². The zero-order valence-corrected chi connectivity index (χ0v) is 18.5. The molecule has 1 atom stereocenters. The first-order chi connectivity index (χ1) is 14.4. The smallest absolute Gasteiger partial charge is 0.296 e. The Bertz CT molecular complexity index is 1070. The first-order valence-corrected chi connectivity index (χ1v) is 10.2. The normalized spacial score (nSPS) is 14.8. The molecule has 1 unspecified atom stereocenters. The number of likely N-dealkylation sites (N-methyl/N-ethyl adjacent to an activating group) is 1. The van der Waals surface area contributed by atoms with Crippen LogP contribution in [0.25, 0.3) is 10.9 Å². The van der Waals surface area contributed by atoms with Crippen LogP contribution in [0.2, 0.25) is 0 Å². The van der Waals surface area contributed by atoms with E-state index in [1.165, 1.54) is 31.1 Å². The lowest BCUT2D eigenvalue weighted by Gasteiger charge is -2.46. The molecule has 3 rings (SSSR count). The van der Waals surface area contributed by atoms with Crippen LogP contribution in [0.3, 0.4) is 0 Å². The maximum absolute atomic E-state index is 14.8. The summed E-state index contributed by atoms with van der Waals surface area (Å²) in [5.74, 6) is -0.448. The number of rotatable bonds is 6. The fraction of sp³-hybridized carbons (Fsp3) is 0.400. The van der Waals surface area contributed by atoms with Gasteiger partial charge in [0, 0.05) is 18.0 Å². The van der Waals surface area contributed by atoms with Crippen LogP contribution in [0.4, 0.5) is 17.6 Å². The molecule has 0 saturated carbocycles. The Hall–Kier alpha value is -2.47. The van der Waals surface area contributed by atoms with Crippen LogP contribution < -0.4 is 0 Å². The second-order valence-corrected chi connectivity index (χ2v) is 9.11. The Balaban J connectivity index is 2.15. The number of benzene rings is 2. The van der Waals surface area contributed by atoms with Crippen LogP contribution in [-0.4, -0.2) is 35.7 Å². The van der Waals surface area contributed by atoms with Gasteiger partial charge in [0.15, 0.2) is 0 Å².